The van der Waals surface area contributed by atoms with Gasteiger partial charge in [0.25, 0.3) is 0 Å². The van der Waals surface area contributed by atoms with Crippen LogP contribution in [0.1, 0.15) is 24.0 Å². The third-order valence-electron chi connectivity index (χ3n) is 5.20. The van der Waals surface area contributed by atoms with Crippen LogP contribution in [0.5, 0.6) is 0 Å². The zero-order valence-corrected chi connectivity index (χ0v) is 15.0. The number of likely N-dealkylation sites (tertiary alicyclic amines) is 1. The Morgan fingerprint density at radius 2 is 1.79 bits per heavy atom. The van der Waals surface area contributed by atoms with Crippen LogP contribution in [0.2, 0.25) is 10.0 Å². The van der Waals surface area contributed by atoms with Crippen molar-refractivity contribution in [1.82, 2.24) is 10.2 Å². The number of aliphatic hydroxyl groups excluding tert-OH is 2. The summed E-state index contributed by atoms with van der Waals surface area (Å²) >= 11 is 12.2. The van der Waals surface area contributed by atoms with Gasteiger partial charge in [0.05, 0.1) is 12.2 Å². The van der Waals surface area contributed by atoms with Crippen LogP contribution in [0.25, 0.3) is 0 Å². The molecule has 1 aromatic carbocycles. The second kappa shape index (κ2) is 7.08. The minimum Gasteiger partial charge on any atom is -0.390 e. The lowest BCUT2D eigenvalue weighted by Gasteiger charge is -2.31. The summed E-state index contributed by atoms with van der Waals surface area (Å²) in [5.74, 6) is 0.519. The fraction of sp³-hybridized carbons (Fsp3) is 0.588. The van der Waals surface area contributed by atoms with Gasteiger partial charge >= 0.3 is 6.03 Å². The minimum absolute atomic E-state index is 0.140. The molecule has 3 N–H and O–H groups in total. The van der Waals surface area contributed by atoms with Gasteiger partial charge in [-0.2, -0.15) is 0 Å². The van der Waals surface area contributed by atoms with Crippen molar-refractivity contribution in [3.05, 3.63) is 33.3 Å². The fourth-order valence-corrected chi connectivity index (χ4v) is 4.47. The minimum atomic E-state index is -0.676. The Labute approximate surface area is 151 Å². The Kier molecular flexibility index (Phi) is 5.25. The highest BCUT2D eigenvalue weighted by molar-refractivity contribution is 6.35. The number of hydrogen-bond donors (Lipinski definition) is 3. The van der Waals surface area contributed by atoms with E-state index in [1.54, 1.807) is 11.0 Å². The van der Waals surface area contributed by atoms with Crippen LogP contribution in [0.4, 0.5) is 4.79 Å². The van der Waals surface area contributed by atoms with Gasteiger partial charge in [-0.05, 0) is 54.9 Å². The molecule has 7 heteroatoms. The number of benzene rings is 1. The molecule has 1 aliphatic carbocycles. The van der Waals surface area contributed by atoms with Gasteiger partial charge in [-0.1, -0.05) is 23.2 Å². The quantitative estimate of drug-likeness (QED) is 0.746. The van der Waals surface area contributed by atoms with Crippen molar-refractivity contribution >= 4 is 29.2 Å². The molecule has 3 rings (SSSR count). The molecule has 2 amide bonds. The first-order valence-electron chi connectivity index (χ1n) is 8.18. The van der Waals surface area contributed by atoms with Crippen LogP contribution in [0, 0.1) is 18.8 Å². The third-order valence-corrected chi connectivity index (χ3v) is 5.75. The molecule has 1 aromatic rings. The Morgan fingerprint density at radius 1 is 1.21 bits per heavy atom. The number of nitrogens with one attached hydrogen (secondary N) is 1. The predicted molar refractivity (Wildman–Crippen MR) is 93.2 cm³/mol. The molecule has 5 nitrogen and oxygen atoms in total. The van der Waals surface area contributed by atoms with Crippen LogP contribution in [-0.4, -0.2) is 46.4 Å². The van der Waals surface area contributed by atoms with E-state index < -0.39 is 12.2 Å². The number of hydrogen-bond acceptors (Lipinski definition) is 3. The number of aryl methyl sites for hydroxylation is 1. The van der Waals surface area contributed by atoms with Crippen LogP contribution in [0.3, 0.4) is 0 Å². The van der Waals surface area contributed by atoms with Gasteiger partial charge in [-0.15, -0.1) is 0 Å². The highest BCUT2D eigenvalue weighted by Gasteiger charge is 2.42. The number of fused-ring (bicyclic) bond motifs is 1. The van der Waals surface area contributed by atoms with E-state index in [4.69, 9.17) is 23.2 Å². The summed E-state index contributed by atoms with van der Waals surface area (Å²) in [5, 5.41) is 23.6. The zero-order chi connectivity index (χ0) is 17.4. The summed E-state index contributed by atoms with van der Waals surface area (Å²) in [7, 11) is 0. The normalized spacial score (nSPS) is 29.5. The summed E-state index contributed by atoms with van der Waals surface area (Å²) in [6.45, 7) is 3.49. The molecule has 2 aliphatic rings. The molecule has 24 heavy (non-hydrogen) atoms. The van der Waals surface area contributed by atoms with E-state index in [1.165, 1.54) is 0 Å². The largest absolute Gasteiger partial charge is 0.390 e. The monoisotopic (exact) mass is 372 g/mol. The van der Waals surface area contributed by atoms with E-state index >= 15 is 0 Å². The van der Waals surface area contributed by atoms with E-state index in [1.807, 2.05) is 13.0 Å². The van der Waals surface area contributed by atoms with Crippen LogP contribution < -0.4 is 5.32 Å². The van der Waals surface area contributed by atoms with Gasteiger partial charge in [0, 0.05) is 29.7 Å². The fourth-order valence-electron chi connectivity index (χ4n) is 3.80. The van der Waals surface area contributed by atoms with Gasteiger partial charge < -0.3 is 20.4 Å². The lowest BCUT2D eigenvalue weighted by Crippen LogP contribution is -2.38. The molecule has 0 spiro atoms. The first kappa shape index (κ1) is 17.8. The number of nitrogens with zero attached hydrogens (tertiary/aromatic N) is 1. The lowest BCUT2D eigenvalue weighted by atomic mass is 9.79. The Balaban J connectivity index is 1.59. The van der Waals surface area contributed by atoms with E-state index in [9.17, 15) is 15.0 Å². The Bertz CT molecular complexity index is 599. The van der Waals surface area contributed by atoms with Crippen molar-refractivity contribution in [2.45, 2.75) is 38.5 Å². The first-order chi connectivity index (χ1) is 11.3. The number of urea groups is 1. The molecule has 1 saturated heterocycles. The molecule has 0 unspecified atom stereocenters. The van der Waals surface area contributed by atoms with Gasteiger partial charge in [0.2, 0.25) is 0 Å². The van der Waals surface area contributed by atoms with Gasteiger partial charge in [0.1, 0.15) is 0 Å². The number of halogens is 2. The zero-order valence-electron chi connectivity index (χ0n) is 13.5. The maximum atomic E-state index is 12.4. The summed E-state index contributed by atoms with van der Waals surface area (Å²) in [4.78, 5) is 14.2. The van der Waals surface area contributed by atoms with Crippen LogP contribution >= 0.6 is 23.2 Å². The van der Waals surface area contributed by atoms with Crippen molar-refractivity contribution < 1.29 is 15.0 Å². The number of amides is 2. The number of carbonyl (C=O) groups excluding carboxylic acids is 1. The standard InChI is InChI=1S/C17H22Cl2N2O3/c1-9-2-12(18)5-14(19)13(9)6-20-17(24)21-7-10-3-15(22)16(23)4-11(10)8-21/h2,5,10-11,15-16,22-23H,3-4,6-8H2,1H3,(H,20,24)/t10-,11+,15-,16-/m0/s1. The molecule has 1 heterocycles. The predicted octanol–water partition coefficient (Wildman–Crippen LogP) is 2.58. The summed E-state index contributed by atoms with van der Waals surface area (Å²) in [6, 6.07) is 3.35. The third kappa shape index (κ3) is 3.64. The second-order valence-corrected chi connectivity index (χ2v) is 7.72. The smallest absolute Gasteiger partial charge is 0.317 e. The maximum absolute atomic E-state index is 12.4. The average molecular weight is 373 g/mol. The molecular weight excluding hydrogens is 351 g/mol. The molecule has 132 valence electrons. The molecule has 0 bridgehead atoms. The topological polar surface area (TPSA) is 72.8 Å². The Hall–Kier alpha value is -1.01. The molecule has 2 fully saturated rings. The van der Waals surface area contributed by atoms with Crippen LogP contribution in [-0.2, 0) is 6.54 Å². The molecule has 0 radical (unpaired) electrons. The van der Waals surface area contributed by atoms with Crippen molar-refractivity contribution in [2.75, 3.05) is 13.1 Å². The highest BCUT2D eigenvalue weighted by atomic mass is 35.5. The number of carbonyl (C=O) groups is 1. The maximum Gasteiger partial charge on any atom is 0.317 e. The van der Waals surface area contributed by atoms with E-state index in [0.717, 1.165) is 11.1 Å². The molecule has 0 aromatic heterocycles. The van der Waals surface area contributed by atoms with Crippen LogP contribution in [0.15, 0.2) is 12.1 Å². The summed E-state index contributed by atoms with van der Waals surface area (Å²) in [5.41, 5.74) is 1.80. The molecule has 1 aliphatic heterocycles. The molecule has 4 atom stereocenters. The van der Waals surface area contributed by atoms with E-state index in [2.05, 4.69) is 5.32 Å². The first-order valence-corrected chi connectivity index (χ1v) is 8.94. The molecular formula is C17H22Cl2N2O3. The summed E-state index contributed by atoms with van der Waals surface area (Å²) < 4.78 is 0. The SMILES string of the molecule is Cc1cc(Cl)cc(Cl)c1CNC(=O)N1C[C@H]2C[C@H](O)[C@@H](O)C[C@H]2C1. The van der Waals surface area contributed by atoms with Gasteiger partial charge in [-0.3, -0.25) is 0 Å². The second-order valence-electron chi connectivity index (χ2n) is 6.87. The molecule has 1 saturated carbocycles. The summed E-state index contributed by atoms with van der Waals surface area (Å²) in [6.07, 6.45) is -0.246. The highest BCUT2D eigenvalue weighted by Crippen LogP contribution is 2.36. The lowest BCUT2D eigenvalue weighted by molar-refractivity contribution is -0.0372. The van der Waals surface area contributed by atoms with Crippen molar-refractivity contribution in [3.63, 3.8) is 0 Å². The number of aliphatic hydroxyl groups is 2. The van der Waals surface area contributed by atoms with Gasteiger partial charge in [0.15, 0.2) is 0 Å². The van der Waals surface area contributed by atoms with Crippen molar-refractivity contribution in [3.8, 4) is 0 Å². The van der Waals surface area contributed by atoms with E-state index in [0.29, 0.717) is 42.5 Å². The van der Waals surface area contributed by atoms with Crippen molar-refractivity contribution in [2.24, 2.45) is 11.8 Å². The number of rotatable bonds is 2. The Morgan fingerprint density at radius 3 is 2.33 bits per heavy atom. The van der Waals surface area contributed by atoms with E-state index in [-0.39, 0.29) is 17.9 Å². The average Bonchev–Trinajstić information content (AvgIpc) is 2.89. The van der Waals surface area contributed by atoms with Crippen molar-refractivity contribution in [1.29, 1.82) is 0 Å². The van der Waals surface area contributed by atoms with Gasteiger partial charge in [-0.25, -0.2) is 4.79 Å².